The minimum Gasteiger partial charge on any atom is -0.488 e. The molecule has 0 saturated carbocycles. The highest BCUT2D eigenvalue weighted by molar-refractivity contribution is 6.35. The van der Waals surface area contributed by atoms with E-state index in [1.54, 1.807) is 24.3 Å². The Morgan fingerprint density at radius 2 is 1.85 bits per heavy atom. The zero-order valence-corrected chi connectivity index (χ0v) is 15.5. The van der Waals surface area contributed by atoms with Crippen LogP contribution in [0.25, 0.3) is 0 Å². The summed E-state index contributed by atoms with van der Waals surface area (Å²) in [5.41, 5.74) is 3.80. The number of halogens is 1. The lowest BCUT2D eigenvalue weighted by molar-refractivity contribution is -0.139. The number of carbonyl (C=O) groups excluding carboxylic acids is 2. The van der Waals surface area contributed by atoms with Crippen LogP contribution >= 0.6 is 11.6 Å². The molecule has 0 spiro atoms. The van der Waals surface area contributed by atoms with E-state index in [0.717, 1.165) is 5.56 Å². The zero-order chi connectivity index (χ0) is 19.5. The van der Waals surface area contributed by atoms with Crippen LogP contribution < -0.4 is 15.5 Å². The van der Waals surface area contributed by atoms with Gasteiger partial charge in [0.1, 0.15) is 12.4 Å². The molecule has 2 aromatic carbocycles. The maximum absolute atomic E-state index is 11.6. The van der Waals surface area contributed by atoms with Crippen LogP contribution in [0.4, 0.5) is 0 Å². The first-order valence-corrected chi connectivity index (χ1v) is 8.54. The third-order valence-corrected chi connectivity index (χ3v) is 3.65. The number of nitrogens with zero attached hydrogens (tertiary/aromatic N) is 1. The van der Waals surface area contributed by atoms with Gasteiger partial charge >= 0.3 is 11.8 Å². The Morgan fingerprint density at radius 1 is 1.11 bits per heavy atom. The topological polar surface area (TPSA) is 89.0 Å². The van der Waals surface area contributed by atoms with E-state index in [2.05, 4.69) is 15.8 Å². The number of methoxy groups -OCH3 is 1. The summed E-state index contributed by atoms with van der Waals surface area (Å²) in [5.74, 6) is -1.05. The summed E-state index contributed by atoms with van der Waals surface area (Å²) in [5, 5.41) is 6.87. The molecule has 0 aliphatic carbocycles. The smallest absolute Gasteiger partial charge is 0.329 e. The van der Waals surface area contributed by atoms with Gasteiger partial charge in [0.05, 0.1) is 12.8 Å². The van der Waals surface area contributed by atoms with E-state index in [9.17, 15) is 9.59 Å². The fourth-order valence-corrected chi connectivity index (χ4v) is 2.14. The van der Waals surface area contributed by atoms with Gasteiger partial charge in [-0.15, -0.1) is 0 Å². The molecule has 0 heterocycles. The third kappa shape index (κ3) is 7.08. The molecule has 7 nitrogen and oxygen atoms in total. The van der Waals surface area contributed by atoms with Crippen molar-refractivity contribution in [1.29, 1.82) is 0 Å². The van der Waals surface area contributed by atoms with E-state index < -0.39 is 11.8 Å². The number of hydrogen-bond acceptors (Lipinski definition) is 5. The molecule has 0 fully saturated rings. The summed E-state index contributed by atoms with van der Waals surface area (Å²) in [7, 11) is 1.50. The van der Waals surface area contributed by atoms with Gasteiger partial charge in [-0.1, -0.05) is 35.9 Å². The maximum atomic E-state index is 11.6. The number of para-hydroxylation sites is 1. The minimum atomic E-state index is -0.859. The predicted octanol–water partition coefficient (Wildman–Crippen LogP) is 2.13. The summed E-state index contributed by atoms with van der Waals surface area (Å²) >= 11 is 5.87. The maximum Gasteiger partial charge on any atom is 0.329 e. The van der Waals surface area contributed by atoms with Crippen molar-refractivity contribution in [3.8, 4) is 5.75 Å². The average Bonchev–Trinajstić information content (AvgIpc) is 2.68. The standard InChI is InChI=1S/C19H20ClN3O4/c1-26-11-10-21-18(24)19(25)23-22-12-15-4-2-3-5-17(15)27-13-14-6-8-16(20)9-7-14/h2-9,12H,10-11,13H2,1H3,(H,21,24)(H,23,25)/b22-12-. The van der Waals surface area contributed by atoms with Gasteiger partial charge in [-0.05, 0) is 29.8 Å². The van der Waals surface area contributed by atoms with Gasteiger partial charge in [0, 0.05) is 24.2 Å². The quantitative estimate of drug-likeness (QED) is 0.313. The second kappa shape index (κ2) is 10.9. The van der Waals surface area contributed by atoms with E-state index in [0.29, 0.717) is 29.5 Å². The summed E-state index contributed by atoms with van der Waals surface area (Å²) in [6.07, 6.45) is 1.41. The van der Waals surface area contributed by atoms with Gasteiger partial charge in [0.2, 0.25) is 0 Å². The van der Waals surface area contributed by atoms with E-state index in [1.807, 2.05) is 24.3 Å². The molecule has 0 aromatic heterocycles. The molecule has 0 atom stereocenters. The molecular formula is C19H20ClN3O4. The fourth-order valence-electron chi connectivity index (χ4n) is 2.02. The molecule has 2 amide bonds. The Hall–Kier alpha value is -2.90. The first-order valence-electron chi connectivity index (χ1n) is 8.16. The molecule has 8 heteroatoms. The molecule has 2 N–H and O–H groups in total. The molecule has 0 aliphatic heterocycles. The predicted molar refractivity (Wildman–Crippen MR) is 103 cm³/mol. The second-order valence-electron chi connectivity index (χ2n) is 5.40. The molecule has 0 saturated heterocycles. The number of hydrazone groups is 1. The Bertz CT molecular complexity index is 794. The number of hydrogen-bond donors (Lipinski definition) is 2. The largest absolute Gasteiger partial charge is 0.488 e. The molecule has 0 bridgehead atoms. The van der Waals surface area contributed by atoms with Crippen molar-refractivity contribution in [2.24, 2.45) is 5.10 Å². The molecule has 0 unspecified atom stereocenters. The highest BCUT2D eigenvalue weighted by Gasteiger charge is 2.11. The summed E-state index contributed by atoms with van der Waals surface area (Å²) in [6, 6.07) is 14.6. The number of benzene rings is 2. The average molecular weight is 390 g/mol. The fraction of sp³-hybridized carbons (Fsp3) is 0.211. The third-order valence-electron chi connectivity index (χ3n) is 3.39. The molecular weight excluding hydrogens is 370 g/mol. The van der Waals surface area contributed by atoms with E-state index >= 15 is 0 Å². The van der Waals surface area contributed by atoms with Crippen LogP contribution in [0, 0.1) is 0 Å². The SMILES string of the molecule is COCCNC(=O)C(=O)N/N=C\c1ccccc1OCc1ccc(Cl)cc1. The van der Waals surface area contributed by atoms with Crippen molar-refractivity contribution < 1.29 is 19.1 Å². The van der Waals surface area contributed by atoms with Crippen molar-refractivity contribution >= 4 is 29.6 Å². The van der Waals surface area contributed by atoms with Gasteiger partial charge in [0.25, 0.3) is 0 Å². The number of rotatable bonds is 8. The normalized spacial score (nSPS) is 10.6. The Balaban J connectivity index is 1.90. The van der Waals surface area contributed by atoms with Gasteiger partial charge < -0.3 is 14.8 Å². The zero-order valence-electron chi connectivity index (χ0n) is 14.8. The van der Waals surface area contributed by atoms with Crippen LogP contribution in [0.15, 0.2) is 53.6 Å². The Morgan fingerprint density at radius 3 is 2.59 bits per heavy atom. The van der Waals surface area contributed by atoms with E-state index in [-0.39, 0.29) is 6.54 Å². The number of amides is 2. The number of carbonyl (C=O) groups is 2. The first kappa shape index (κ1) is 20.4. The summed E-state index contributed by atoms with van der Waals surface area (Å²) in [4.78, 5) is 23.2. The first-order chi connectivity index (χ1) is 13.1. The molecule has 27 heavy (non-hydrogen) atoms. The number of nitrogens with one attached hydrogen (secondary N) is 2. The van der Waals surface area contributed by atoms with E-state index in [4.69, 9.17) is 21.1 Å². The highest BCUT2D eigenvalue weighted by atomic mass is 35.5. The lowest BCUT2D eigenvalue weighted by Crippen LogP contribution is -2.39. The molecule has 0 aliphatic rings. The minimum absolute atomic E-state index is 0.244. The monoisotopic (exact) mass is 389 g/mol. The lowest BCUT2D eigenvalue weighted by atomic mass is 10.2. The Kier molecular flexibility index (Phi) is 8.28. The van der Waals surface area contributed by atoms with Crippen LogP contribution in [0.2, 0.25) is 5.02 Å². The van der Waals surface area contributed by atoms with Crippen molar-refractivity contribution in [2.75, 3.05) is 20.3 Å². The lowest BCUT2D eigenvalue weighted by Gasteiger charge is -2.09. The van der Waals surface area contributed by atoms with Gasteiger partial charge in [0.15, 0.2) is 0 Å². The molecule has 2 rings (SSSR count). The van der Waals surface area contributed by atoms with Gasteiger partial charge in [-0.25, -0.2) is 5.43 Å². The van der Waals surface area contributed by atoms with Crippen LogP contribution in [0.1, 0.15) is 11.1 Å². The van der Waals surface area contributed by atoms with Crippen molar-refractivity contribution in [3.63, 3.8) is 0 Å². The van der Waals surface area contributed by atoms with Crippen molar-refractivity contribution in [1.82, 2.24) is 10.7 Å². The van der Waals surface area contributed by atoms with Crippen LogP contribution in [-0.4, -0.2) is 38.3 Å². The van der Waals surface area contributed by atoms with Gasteiger partial charge in [-0.2, -0.15) is 5.10 Å². The van der Waals surface area contributed by atoms with Crippen LogP contribution in [0.3, 0.4) is 0 Å². The number of ether oxygens (including phenoxy) is 2. The molecule has 2 aromatic rings. The molecule has 0 radical (unpaired) electrons. The summed E-state index contributed by atoms with van der Waals surface area (Å²) in [6.45, 7) is 0.921. The highest BCUT2D eigenvalue weighted by Crippen LogP contribution is 2.18. The summed E-state index contributed by atoms with van der Waals surface area (Å²) < 4.78 is 10.6. The van der Waals surface area contributed by atoms with Crippen LogP contribution in [-0.2, 0) is 20.9 Å². The van der Waals surface area contributed by atoms with E-state index in [1.165, 1.54) is 13.3 Å². The second-order valence-corrected chi connectivity index (χ2v) is 5.84. The molecule has 142 valence electrons. The van der Waals surface area contributed by atoms with Gasteiger partial charge in [-0.3, -0.25) is 9.59 Å². The van der Waals surface area contributed by atoms with Crippen molar-refractivity contribution in [2.45, 2.75) is 6.61 Å². The Labute approximate surface area is 162 Å². The van der Waals surface area contributed by atoms with Crippen LogP contribution in [0.5, 0.6) is 5.75 Å². The van der Waals surface area contributed by atoms with Crippen molar-refractivity contribution in [3.05, 3.63) is 64.7 Å².